The van der Waals surface area contributed by atoms with Crippen LogP contribution in [0.1, 0.15) is 53.4 Å². The molecule has 0 aliphatic rings. The van der Waals surface area contributed by atoms with Gasteiger partial charge in [0, 0.05) is 18.7 Å². The van der Waals surface area contributed by atoms with E-state index in [-0.39, 0.29) is 13.1 Å². The molecule has 0 atom stereocenters. The summed E-state index contributed by atoms with van der Waals surface area (Å²) in [5, 5.41) is 2.52. The van der Waals surface area contributed by atoms with Gasteiger partial charge in [0.15, 0.2) is 0 Å². The minimum absolute atomic E-state index is 0.185. The van der Waals surface area contributed by atoms with E-state index in [0.29, 0.717) is 18.4 Å². The van der Waals surface area contributed by atoms with Crippen LogP contribution in [0.4, 0.5) is 13.2 Å². The van der Waals surface area contributed by atoms with Crippen molar-refractivity contribution in [2.75, 3.05) is 19.3 Å². The number of rotatable bonds is 12. The molecule has 0 aliphatic heterocycles. The number of hydrogen-bond donors (Lipinski definition) is 3. The molecule has 0 bridgehead atoms. The van der Waals surface area contributed by atoms with E-state index in [2.05, 4.69) is 11.4 Å². The van der Waals surface area contributed by atoms with E-state index in [1.807, 2.05) is 26.8 Å². The quantitative estimate of drug-likeness (QED) is 0.183. The van der Waals surface area contributed by atoms with Gasteiger partial charge in [-0.05, 0) is 53.4 Å². The predicted molar refractivity (Wildman–Crippen MR) is 105 cm³/mol. The van der Waals surface area contributed by atoms with E-state index in [1.54, 1.807) is 0 Å². The molecule has 0 radical (unpaired) electrons. The Hall–Kier alpha value is -1.21. The fraction of sp³-hybridized carbons (Fsp3) is 0.632. The van der Waals surface area contributed by atoms with Gasteiger partial charge in [-0.1, -0.05) is 28.9 Å². The van der Waals surface area contributed by atoms with Crippen molar-refractivity contribution in [2.24, 2.45) is 0 Å². The zero-order valence-electron chi connectivity index (χ0n) is 16.9. The number of alkyl halides is 3. The molecular weight excluding hydrogens is 394 g/mol. The van der Waals surface area contributed by atoms with Crippen LogP contribution in [0.2, 0.25) is 0 Å². The molecule has 9 heteroatoms. The lowest BCUT2D eigenvalue weighted by Crippen LogP contribution is -2.32. The van der Waals surface area contributed by atoms with Gasteiger partial charge in [-0.3, -0.25) is 9.36 Å². The van der Waals surface area contributed by atoms with E-state index in [9.17, 15) is 22.5 Å². The smallest absolute Gasteiger partial charge is 0.324 e. The van der Waals surface area contributed by atoms with Crippen LogP contribution >= 0.6 is 7.60 Å². The summed E-state index contributed by atoms with van der Waals surface area (Å²) in [4.78, 5) is 29.3. The molecule has 0 heterocycles. The monoisotopic (exact) mass is 425 g/mol. The van der Waals surface area contributed by atoms with Gasteiger partial charge in [0.2, 0.25) is 0 Å². The highest BCUT2D eigenvalue weighted by molar-refractivity contribution is 7.51. The lowest BCUT2D eigenvalue weighted by Gasteiger charge is -2.14. The zero-order valence-corrected chi connectivity index (χ0v) is 17.8. The first-order chi connectivity index (χ1) is 12.7. The second-order valence-electron chi connectivity index (χ2n) is 7.06. The van der Waals surface area contributed by atoms with Crippen LogP contribution in [-0.4, -0.2) is 41.0 Å². The van der Waals surface area contributed by atoms with Crippen molar-refractivity contribution >= 4 is 13.4 Å². The summed E-state index contributed by atoms with van der Waals surface area (Å²) in [6.45, 7) is 6.91. The standard InChI is InChI=1S/C19H31F3NO4P/c1-14(2)7-5-8-15(3)9-6-10-16(4)17(18(24)19(20,21)22)13-23-11-12-28(25,26)27/h7,9,23H,5-6,8,10-13H2,1-4H3,(H2,25,26,27). The Morgan fingerprint density at radius 3 is 2.11 bits per heavy atom. The Morgan fingerprint density at radius 1 is 1.04 bits per heavy atom. The fourth-order valence-electron chi connectivity index (χ4n) is 2.41. The molecule has 0 aliphatic carbocycles. The molecule has 0 saturated carbocycles. The van der Waals surface area contributed by atoms with Crippen LogP contribution < -0.4 is 5.32 Å². The summed E-state index contributed by atoms with van der Waals surface area (Å²) in [5.41, 5.74) is 2.29. The number of allylic oxidation sites excluding steroid dienone is 5. The third-order valence-electron chi connectivity index (χ3n) is 4.03. The third-order valence-corrected chi connectivity index (χ3v) is 4.84. The van der Waals surface area contributed by atoms with Crippen LogP contribution in [0.25, 0.3) is 0 Å². The highest BCUT2D eigenvalue weighted by Crippen LogP contribution is 2.33. The van der Waals surface area contributed by atoms with Gasteiger partial charge in [-0.2, -0.15) is 13.2 Å². The van der Waals surface area contributed by atoms with E-state index < -0.39 is 31.3 Å². The van der Waals surface area contributed by atoms with Gasteiger partial charge in [0.1, 0.15) is 0 Å². The van der Waals surface area contributed by atoms with Gasteiger partial charge in [-0.15, -0.1) is 0 Å². The number of nitrogens with one attached hydrogen (secondary N) is 1. The molecule has 0 aromatic heterocycles. The Kier molecular flexibility index (Phi) is 11.8. The first-order valence-electron chi connectivity index (χ1n) is 9.08. The molecule has 0 spiro atoms. The van der Waals surface area contributed by atoms with Crippen molar-refractivity contribution in [3.8, 4) is 0 Å². The van der Waals surface area contributed by atoms with Crippen LogP contribution in [0.5, 0.6) is 0 Å². The minimum Gasteiger partial charge on any atom is -0.324 e. The molecular formula is C19H31F3NO4P. The van der Waals surface area contributed by atoms with Gasteiger partial charge in [0.25, 0.3) is 5.78 Å². The Morgan fingerprint density at radius 2 is 1.61 bits per heavy atom. The summed E-state index contributed by atoms with van der Waals surface area (Å²) in [6, 6.07) is 0. The van der Waals surface area contributed by atoms with E-state index in [4.69, 9.17) is 9.79 Å². The van der Waals surface area contributed by atoms with Gasteiger partial charge in [-0.25, -0.2) is 0 Å². The maximum atomic E-state index is 12.9. The Bertz CT molecular complexity index is 657. The molecule has 5 nitrogen and oxygen atoms in total. The molecule has 3 N–H and O–H groups in total. The van der Waals surface area contributed by atoms with Crippen LogP contribution in [-0.2, 0) is 9.36 Å². The van der Waals surface area contributed by atoms with Crippen molar-refractivity contribution < 1.29 is 32.3 Å². The number of carbonyl (C=O) groups excluding carboxylic acids is 1. The summed E-state index contributed by atoms with van der Waals surface area (Å²) in [6.07, 6.45) is 1.17. The number of ketones is 1. The zero-order chi connectivity index (χ0) is 22.0. The predicted octanol–water partition coefficient (Wildman–Crippen LogP) is 4.67. The fourth-order valence-corrected chi connectivity index (χ4v) is 2.86. The second kappa shape index (κ2) is 12.4. The SMILES string of the molecule is CC(C)=CCCC(C)=CCCC(C)=C(CNCCP(=O)(O)O)C(=O)C(F)(F)F. The lowest BCUT2D eigenvalue weighted by molar-refractivity contribution is -0.166. The molecule has 162 valence electrons. The van der Waals surface area contributed by atoms with Crippen molar-refractivity contribution in [3.63, 3.8) is 0 Å². The highest BCUT2D eigenvalue weighted by Gasteiger charge is 2.40. The molecule has 0 aromatic carbocycles. The molecule has 0 fully saturated rings. The Labute approximate surface area is 164 Å². The largest absolute Gasteiger partial charge is 0.454 e. The highest BCUT2D eigenvalue weighted by atomic mass is 31.2. The van der Waals surface area contributed by atoms with Crippen LogP contribution in [0.3, 0.4) is 0 Å². The van der Waals surface area contributed by atoms with Crippen molar-refractivity contribution in [3.05, 3.63) is 34.4 Å². The van der Waals surface area contributed by atoms with Crippen molar-refractivity contribution in [2.45, 2.75) is 59.6 Å². The maximum absolute atomic E-state index is 12.9. The minimum atomic E-state index is -4.99. The number of hydrogen-bond acceptors (Lipinski definition) is 3. The number of Topliss-reactive ketones (excluding diaryl/α,β-unsaturated/α-hetero) is 1. The maximum Gasteiger partial charge on any atom is 0.454 e. The van der Waals surface area contributed by atoms with Crippen molar-refractivity contribution in [1.29, 1.82) is 0 Å². The lowest BCUT2D eigenvalue weighted by atomic mass is 9.99. The van der Waals surface area contributed by atoms with Gasteiger partial charge in [0.05, 0.1) is 6.16 Å². The molecule has 0 aromatic rings. The van der Waals surface area contributed by atoms with Crippen molar-refractivity contribution in [1.82, 2.24) is 5.32 Å². The molecule has 0 unspecified atom stereocenters. The van der Waals surface area contributed by atoms with E-state index >= 15 is 0 Å². The molecule has 0 amide bonds. The average molecular weight is 425 g/mol. The summed E-state index contributed by atoms with van der Waals surface area (Å²) in [7, 11) is -4.25. The first kappa shape index (κ1) is 26.8. The second-order valence-corrected chi connectivity index (χ2v) is 8.84. The summed E-state index contributed by atoms with van der Waals surface area (Å²) in [5.74, 6) is -1.92. The normalized spacial score (nSPS) is 14.0. The van der Waals surface area contributed by atoms with E-state index in [0.717, 1.165) is 18.4 Å². The topological polar surface area (TPSA) is 86.6 Å². The molecule has 0 rings (SSSR count). The molecule has 0 saturated heterocycles. The van der Waals surface area contributed by atoms with Crippen LogP contribution in [0, 0.1) is 0 Å². The molecule has 28 heavy (non-hydrogen) atoms. The van der Waals surface area contributed by atoms with Gasteiger partial charge < -0.3 is 15.1 Å². The van der Waals surface area contributed by atoms with Gasteiger partial charge >= 0.3 is 13.8 Å². The summed E-state index contributed by atoms with van der Waals surface area (Å²) >= 11 is 0. The third kappa shape index (κ3) is 13.0. The average Bonchev–Trinajstić information content (AvgIpc) is 2.51. The Balaban J connectivity index is 4.98. The number of carbonyl (C=O) groups is 1. The van der Waals surface area contributed by atoms with E-state index in [1.165, 1.54) is 12.5 Å². The number of halogens is 3. The summed E-state index contributed by atoms with van der Waals surface area (Å²) < 4.78 is 49.4. The first-order valence-corrected chi connectivity index (χ1v) is 10.9. The van der Waals surface area contributed by atoms with Crippen LogP contribution in [0.15, 0.2) is 34.4 Å².